The van der Waals surface area contributed by atoms with Gasteiger partial charge in [-0.05, 0) is 78.4 Å². The van der Waals surface area contributed by atoms with Crippen molar-refractivity contribution in [3.05, 3.63) is 176 Å². The number of benzene rings is 7. The van der Waals surface area contributed by atoms with E-state index in [1.54, 1.807) is 0 Å². The van der Waals surface area contributed by atoms with Crippen molar-refractivity contribution in [3.8, 4) is 28.2 Å². The molecule has 0 aliphatic carbocycles. The van der Waals surface area contributed by atoms with Gasteiger partial charge >= 0.3 is 0 Å². The molecule has 0 radical (unpaired) electrons. The van der Waals surface area contributed by atoms with E-state index in [1.807, 2.05) is 0 Å². The summed E-state index contributed by atoms with van der Waals surface area (Å²) in [5, 5.41) is 6.26. The molecule has 10 aromatic rings. The second-order valence-electron chi connectivity index (χ2n) is 12.2. The van der Waals surface area contributed by atoms with Crippen LogP contribution >= 0.6 is 0 Å². The maximum absolute atomic E-state index is 2.42. The maximum atomic E-state index is 2.42. The van der Waals surface area contributed by atoms with Crippen LogP contribution in [0.1, 0.15) is 0 Å². The minimum atomic E-state index is 1.16. The molecule has 0 unspecified atom stereocenters. The van der Waals surface area contributed by atoms with Gasteiger partial charge in [0.2, 0.25) is 0 Å². The smallest absolute Gasteiger partial charge is 0.0562 e. The molecule has 0 aliphatic heterocycles. The summed E-state index contributed by atoms with van der Waals surface area (Å²) in [5.41, 5.74) is 11.9. The van der Waals surface area contributed by atoms with E-state index in [1.165, 1.54) is 65.6 Å². The normalized spacial score (nSPS) is 11.8. The molecule has 0 amide bonds. The van der Waals surface area contributed by atoms with Gasteiger partial charge in [0.25, 0.3) is 0 Å². The summed E-state index contributed by atoms with van der Waals surface area (Å²) in [7, 11) is 0. The lowest BCUT2D eigenvalue weighted by molar-refractivity contribution is 1.13. The third-order valence-corrected chi connectivity index (χ3v) is 9.64. The van der Waals surface area contributed by atoms with Crippen LogP contribution in [-0.2, 0) is 0 Å². The Labute approximate surface area is 271 Å². The van der Waals surface area contributed by atoms with Gasteiger partial charge in [0.05, 0.1) is 27.6 Å². The van der Waals surface area contributed by atoms with Crippen LogP contribution in [0.2, 0.25) is 0 Å². The highest BCUT2D eigenvalue weighted by Gasteiger charge is 2.20. The van der Waals surface area contributed by atoms with E-state index in [2.05, 4.69) is 190 Å². The minimum Gasteiger partial charge on any atom is -0.316 e. The fourth-order valence-electron chi connectivity index (χ4n) is 7.57. The Balaban J connectivity index is 1.30. The van der Waals surface area contributed by atoms with Crippen LogP contribution in [0.15, 0.2) is 176 Å². The lowest BCUT2D eigenvalue weighted by Gasteiger charge is -2.10. The highest BCUT2D eigenvalue weighted by molar-refractivity contribution is 6.20. The van der Waals surface area contributed by atoms with Crippen LogP contribution in [0.4, 0.5) is 0 Å². The third-order valence-electron chi connectivity index (χ3n) is 9.64. The van der Waals surface area contributed by atoms with E-state index in [-0.39, 0.29) is 0 Å². The van der Waals surface area contributed by atoms with Crippen molar-refractivity contribution < 1.29 is 0 Å². The van der Waals surface area contributed by atoms with E-state index >= 15 is 0 Å². The average Bonchev–Trinajstić information content (AvgIpc) is 3.79. The standard InChI is InChI=1S/C44H29N3/c1-4-14-31(15-5-1)45-29-39(35-21-10-12-22-40(35)45)30-24-25-42-36(26-30)38-27-37-34-20-11-13-23-41(34)46(32-16-6-2-7-17-32)43(37)28-44(38)47(42)33-18-8-3-9-19-33/h1-29H. The Kier molecular flexibility index (Phi) is 5.57. The van der Waals surface area contributed by atoms with E-state index < -0.39 is 0 Å². The largest absolute Gasteiger partial charge is 0.316 e. The van der Waals surface area contributed by atoms with E-state index in [0.29, 0.717) is 0 Å². The molecule has 0 spiro atoms. The lowest BCUT2D eigenvalue weighted by atomic mass is 10.0. The molecule has 3 heteroatoms. The monoisotopic (exact) mass is 599 g/mol. The Morgan fingerprint density at radius 3 is 1.45 bits per heavy atom. The van der Waals surface area contributed by atoms with Crippen LogP contribution in [-0.4, -0.2) is 13.7 Å². The van der Waals surface area contributed by atoms with Gasteiger partial charge in [-0.1, -0.05) is 97.1 Å². The second kappa shape index (κ2) is 10.1. The second-order valence-corrected chi connectivity index (χ2v) is 12.2. The van der Waals surface area contributed by atoms with E-state index in [9.17, 15) is 0 Å². The summed E-state index contributed by atoms with van der Waals surface area (Å²) in [4.78, 5) is 0. The van der Waals surface area contributed by atoms with Crippen LogP contribution in [0, 0.1) is 0 Å². The first-order valence-corrected chi connectivity index (χ1v) is 16.1. The molecule has 3 nitrogen and oxygen atoms in total. The number of para-hydroxylation sites is 5. The Hall–Kier alpha value is -6.32. The minimum absolute atomic E-state index is 1.16. The summed E-state index contributed by atoms with van der Waals surface area (Å²) >= 11 is 0. The molecule has 0 saturated heterocycles. The highest BCUT2D eigenvalue weighted by atomic mass is 15.0. The molecule has 10 rings (SSSR count). The molecule has 3 heterocycles. The zero-order valence-electron chi connectivity index (χ0n) is 25.6. The molecule has 0 atom stereocenters. The number of aromatic nitrogens is 3. The number of fused-ring (bicyclic) bond motifs is 7. The van der Waals surface area contributed by atoms with Gasteiger partial charge in [0, 0.05) is 55.8 Å². The van der Waals surface area contributed by atoms with E-state index in [4.69, 9.17) is 0 Å². The van der Waals surface area contributed by atoms with E-state index in [0.717, 1.165) is 17.1 Å². The topological polar surface area (TPSA) is 14.8 Å². The summed E-state index contributed by atoms with van der Waals surface area (Å²) in [6, 6.07) is 61.4. The number of hydrogen-bond acceptors (Lipinski definition) is 0. The first-order chi connectivity index (χ1) is 23.3. The molecule has 3 aromatic heterocycles. The molecule has 0 N–H and O–H groups in total. The maximum Gasteiger partial charge on any atom is 0.0562 e. The predicted molar refractivity (Wildman–Crippen MR) is 197 cm³/mol. The highest BCUT2D eigenvalue weighted by Crippen LogP contribution is 2.42. The molecule has 47 heavy (non-hydrogen) atoms. The van der Waals surface area contributed by atoms with Crippen LogP contribution in [0.3, 0.4) is 0 Å². The summed E-state index contributed by atoms with van der Waals surface area (Å²) in [6.45, 7) is 0. The fourth-order valence-corrected chi connectivity index (χ4v) is 7.57. The van der Waals surface area contributed by atoms with Gasteiger partial charge in [-0.15, -0.1) is 0 Å². The summed E-state index contributed by atoms with van der Waals surface area (Å²) < 4.78 is 7.14. The van der Waals surface area contributed by atoms with Gasteiger partial charge in [0.1, 0.15) is 0 Å². The van der Waals surface area contributed by atoms with Gasteiger partial charge in [-0.25, -0.2) is 0 Å². The SMILES string of the molecule is c1ccc(-n2cc(-c3ccc4c(c3)c3cc5c6ccccc6n(-c6ccccc6)c5cc3n4-c3ccccc3)c3ccccc32)cc1. The Morgan fingerprint density at radius 2 is 0.787 bits per heavy atom. The fraction of sp³-hybridized carbons (Fsp3) is 0. The van der Waals surface area contributed by atoms with Gasteiger partial charge < -0.3 is 13.7 Å². The number of hydrogen-bond donors (Lipinski definition) is 0. The Morgan fingerprint density at radius 1 is 0.298 bits per heavy atom. The number of nitrogens with zero attached hydrogens (tertiary/aromatic N) is 3. The molecular weight excluding hydrogens is 571 g/mol. The van der Waals surface area contributed by atoms with Crippen LogP contribution in [0.25, 0.3) is 82.7 Å². The number of rotatable bonds is 4. The van der Waals surface area contributed by atoms with Crippen LogP contribution < -0.4 is 0 Å². The first kappa shape index (κ1) is 26.0. The van der Waals surface area contributed by atoms with Crippen molar-refractivity contribution in [2.45, 2.75) is 0 Å². The zero-order chi connectivity index (χ0) is 30.9. The predicted octanol–water partition coefficient (Wildman–Crippen LogP) is 11.5. The molecule has 0 saturated carbocycles. The van der Waals surface area contributed by atoms with Gasteiger partial charge in [0.15, 0.2) is 0 Å². The molecule has 220 valence electrons. The van der Waals surface area contributed by atoms with Crippen LogP contribution in [0.5, 0.6) is 0 Å². The molecule has 0 bridgehead atoms. The van der Waals surface area contributed by atoms with Gasteiger partial charge in [-0.2, -0.15) is 0 Å². The van der Waals surface area contributed by atoms with Crippen molar-refractivity contribution in [2.24, 2.45) is 0 Å². The molecule has 0 aliphatic rings. The summed E-state index contributed by atoms with van der Waals surface area (Å²) in [6.07, 6.45) is 2.29. The molecule has 7 aromatic carbocycles. The summed E-state index contributed by atoms with van der Waals surface area (Å²) in [5.74, 6) is 0. The average molecular weight is 600 g/mol. The van der Waals surface area contributed by atoms with Crippen molar-refractivity contribution in [2.75, 3.05) is 0 Å². The van der Waals surface area contributed by atoms with Gasteiger partial charge in [-0.3, -0.25) is 0 Å². The molecule has 0 fully saturated rings. The zero-order valence-corrected chi connectivity index (χ0v) is 25.6. The Bertz CT molecular complexity index is 2760. The van der Waals surface area contributed by atoms with Crippen molar-refractivity contribution in [1.82, 2.24) is 13.7 Å². The first-order valence-electron chi connectivity index (χ1n) is 16.1. The van der Waals surface area contributed by atoms with Crippen molar-refractivity contribution >= 4 is 54.5 Å². The lowest BCUT2D eigenvalue weighted by Crippen LogP contribution is -1.95. The van der Waals surface area contributed by atoms with Crippen molar-refractivity contribution in [3.63, 3.8) is 0 Å². The third kappa shape index (κ3) is 3.87. The van der Waals surface area contributed by atoms with Crippen molar-refractivity contribution in [1.29, 1.82) is 0 Å². The quantitative estimate of drug-likeness (QED) is 0.191. The molecular formula is C44H29N3.